The van der Waals surface area contributed by atoms with Crippen LogP contribution in [0, 0.1) is 6.92 Å². The van der Waals surface area contributed by atoms with E-state index in [9.17, 15) is 18.0 Å². The summed E-state index contributed by atoms with van der Waals surface area (Å²) in [6, 6.07) is 29.3. The number of hydrogen-bond donors (Lipinski definition) is 1. The van der Waals surface area contributed by atoms with Crippen molar-refractivity contribution in [3.63, 3.8) is 0 Å². The summed E-state index contributed by atoms with van der Waals surface area (Å²) in [7, 11) is -4.18. The molecule has 0 aromatic heterocycles. The highest BCUT2D eigenvalue weighted by atomic mass is 35.5. The molecule has 0 fully saturated rings. The minimum absolute atomic E-state index is 0.00857. The van der Waals surface area contributed by atoms with Gasteiger partial charge >= 0.3 is 0 Å². The molecule has 248 valence electrons. The summed E-state index contributed by atoms with van der Waals surface area (Å²) in [6.45, 7) is 9.37. The van der Waals surface area contributed by atoms with Crippen LogP contribution in [0.15, 0.2) is 108 Å². The number of sulfonamides is 1. The van der Waals surface area contributed by atoms with E-state index >= 15 is 0 Å². The van der Waals surface area contributed by atoms with Gasteiger partial charge in [0.2, 0.25) is 11.8 Å². The molecule has 0 saturated carbocycles. The molecular weight excluding hydrogens is 630 g/mol. The largest absolute Gasteiger partial charge is 0.352 e. The van der Waals surface area contributed by atoms with Crippen molar-refractivity contribution in [2.45, 2.75) is 76.9 Å². The van der Waals surface area contributed by atoms with Crippen molar-refractivity contribution >= 4 is 39.1 Å². The Morgan fingerprint density at radius 2 is 1.45 bits per heavy atom. The Labute approximate surface area is 284 Å². The van der Waals surface area contributed by atoms with Gasteiger partial charge in [0.1, 0.15) is 12.6 Å². The van der Waals surface area contributed by atoms with Gasteiger partial charge in [-0.1, -0.05) is 111 Å². The summed E-state index contributed by atoms with van der Waals surface area (Å²) in [5, 5.41) is 3.50. The minimum atomic E-state index is -4.18. The number of nitrogens with zero attached hydrogens (tertiary/aromatic N) is 2. The molecule has 0 aliphatic carbocycles. The molecular formula is C38H44ClN3O4S. The van der Waals surface area contributed by atoms with Crippen LogP contribution in [0.1, 0.15) is 62.3 Å². The van der Waals surface area contributed by atoms with Crippen LogP contribution < -0.4 is 9.62 Å². The van der Waals surface area contributed by atoms with Gasteiger partial charge in [-0.15, -0.1) is 0 Å². The lowest BCUT2D eigenvalue weighted by Crippen LogP contribution is -2.54. The standard InChI is InChI=1S/C38H44ClN3O4S/c1-6-29(5)40-38(44)36(24-30-12-8-7-9-13-30)41(25-32-14-10-11-15-35(32)39)37(43)26-42(33-20-18-31(19-21-33)27(2)3)47(45,46)34-22-16-28(4)17-23-34/h7-23,27,29,36H,6,24-26H2,1-5H3,(H,40,44). The van der Waals surface area contributed by atoms with E-state index in [1.54, 1.807) is 54.6 Å². The molecule has 0 radical (unpaired) electrons. The molecule has 2 amide bonds. The third kappa shape index (κ3) is 9.24. The molecule has 1 N–H and O–H groups in total. The highest BCUT2D eigenvalue weighted by Gasteiger charge is 2.35. The average molecular weight is 674 g/mol. The first-order valence-corrected chi connectivity index (χ1v) is 17.8. The molecule has 4 aromatic rings. The van der Waals surface area contributed by atoms with Crippen LogP contribution in [0.2, 0.25) is 5.02 Å². The Hall–Kier alpha value is -4.14. The lowest BCUT2D eigenvalue weighted by molar-refractivity contribution is -0.140. The van der Waals surface area contributed by atoms with Gasteiger partial charge in [0.25, 0.3) is 10.0 Å². The smallest absolute Gasteiger partial charge is 0.264 e. The van der Waals surface area contributed by atoms with Crippen molar-refractivity contribution in [1.29, 1.82) is 0 Å². The van der Waals surface area contributed by atoms with E-state index < -0.39 is 28.5 Å². The number of carbonyl (C=O) groups is 2. The number of anilines is 1. The molecule has 2 unspecified atom stereocenters. The van der Waals surface area contributed by atoms with Crippen LogP contribution in [0.25, 0.3) is 0 Å². The lowest BCUT2D eigenvalue weighted by atomic mass is 10.0. The normalized spacial score (nSPS) is 12.7. The van der Waals surface area contributed by atoms with Crippen LogP contribution >= 0.6 is 11.6 Å². The molecule has 7 nitrogen and oxygen atoms in total. The number of nitrogens with one attached hydrogen (secondary N) is 1. The number of benzene rings is 4. The van der Waals surface area contributed by atoms with E-state index in [-0.39, 0.29) is 35.7 Å². The van der Waals surface area contributed by atoms with E-state index in [0.29, 0.717) is 22.7 Å². The molecule has 0 bridgehead atoms. The summed E-state index contributed by atoms with van der Waals surface area (Å²) in [6.07, 6.45) is 0.935. The van der Waals surface area contributed by atoms with Crippen molar-refractivity contribution in [3.8, 4) is 0 Å². The third-order valence-electron chi connectivity index (χ3n) is 8.31. The SMILES string of the molecule is CCC(C)NC(=O)C(Cc1ccccc1)N(Cc1ccccc1Cl)C(=O)CN(c1ccc(C(C)C)cc1)S(=O)(=O)c1ccc(C)cc1. The Morgan fingerprint density at radius 3 is 2.04 bits per heavy atom. The number of carbonyl (C=O) groups excluding carboxylic acids is 2. The molecule has 4 aromatic carbocycles. The summed E-state index contributed by atoms with van der Waals surface area (Å²) in [5.41, 5.74) is 3.81. The predicted molar refractivity (Wildman–Crippen MR) is 190 cm³/mol. The maximum atomic E-state index is 14.6. The highest BCUT2D eigenvalue weighted by Crippen LogP contribution is 2.28. The quantitative estimate of drug-likeness (QED) is 0.150. The zero-order valence-electron chi connectivity index (χ0n) is 27.7. The predicted octanol–water partition coefficient (Wildman–Crippen LogP) is 7.52. The summed E-state index contributed by atoms with van der Waals surface area (Å²) < 4.78 is 29.7. The van der Waals surface area contributed by atoms with E-state index in [2.05, 4.69) is 19.2 Å². The van der Waals surface area contributed by atoms with Crippen molar-refractivity contribution in [1.82, 2.24) is 10.2 Å². The van der Waals surface area contributed by atoms with Gasteiger partial charge in [0, 0.05) is 24.0 Å². The summed E-state index contributed by atoms with van der Waals surface area (Å²) >= 11 is 6.59. The van der Waals surface area contributed by atoms with Gasteiger partial charge in [-0.3, -0.25) is 13.9 Å². The highest BCUT2D eigenvalue weighted by molar-refractivity contribution is 7.92. The zero-order chi connectivity index (χ0) is 34.1. The van der Waals surface area contributed by atoms with E-state index in [0.717, 1.165) is 21.0 Å². The van der Waals surface area contributed by atoms with Gasteiger partial charge < -0.3 is 10.2 Å². The van der Waals surface area contributed by atoms with Gasteiger partial charge in [-0.05, 0) is 73.2 Å². The molecule has 0 heterocycles. The van der Waals surface area contributed by atoms with Crippen molar-refractivity contribution in [2.24, 2.45) is 0 Å². The molecule has 47 heavy (non-hydrogen) atoms. The first-order chi connectivity index (χ1) is 22.4. The minimum Gasteiger partial charge on any atom is -0.352 e. The maximum absolute atomic E-state index is 14.6. The molecule has 0 aliphatic rings. The Kier molecular flexibility index (Phi) is 12.2. The fourth-order valence-corrected chi connectivity index (χ4v) is 6.81. The third-order valence-corrected chi connectivity index (χ3v) is 10.5. The number of aryl methyl sites for hydroxylation is 1. The fraction of sp³-hybridized carbons (Fsp3) is 0.316. The molecule has 0 saturated heterocycles. The van der Waals surface area contributed by atoms with Crippen LogP contribution in [0.5, 0.6) is 0 Å². The van der Waals surface area contributed by atoms with Crippen molar-refractivity contribution < 1.29 is 18.0 Å². The monoisotopic (exact) mass is 673 g/mol. The summed E-state index contributed by atoms with van der Waals surface area (Å²) in [5.74, 6) is -0.617. The average Bonchev–Trinajstić information content (AvgIpc) is 3.06. The van der Waals surface area contributed by atoms with Gasteiger partial charge in [-0.25, -0.2) is 8.42 Å². The number of amides is 2. The van der Waals surface area contributed by atoms with Crippen LogP contribution in [0.4, 0.5) is 5.69 Å². The number of halogens is 1. The van der Waals surface area contributed by atoms with Crippen molar-refractivity contribution in [2.75, 3.05) is 10.8 Å². The van der Waals surface area contributed by atoms with Gasteiger partial charge in [-0.2, -0.15) is 0 Å². The summed E-state index contributed by atoms with van der Waals surface area (Å²) in [4.78, 5) is 30.1. The molecule has 9 heteroatoms. The first kappa shape index (κ1) is 35.7. The van der Waals surface area contributed by atoms with E-state index in [4.69, 9.17) is 11.6 Å². The second-order valence-corrected chi connectivity index (χ2v) is 14.5. The van der Waals surface area contributed by atoms with Crippen LogP contribution in [-0.2, 0) is 32.6 Å². The molecule has 0 aliphatic heterocycles. The second kappa shape index (κ2) is 16.1. The van der Waals surface area contributed by atoms with Crippen LogP contribution in [0.3, 0.4) is 0 Å². The Bertz CT molecular complexity index is 1740. The topological polar surface area (TPSA) is 86.8 Å². The Morgan fingerprint density at radius 1 is 0.830 bits per heavy atom. The number of rotatable bonds is 14. The van der Waals surface area contributed by atoms with E-state index in [1.807, 2.05) is 69.3 Å². The maximum Gasteiger partial charge on any atom is 0.264 e. The molecule has 4 rings (SSSR count). The fourth-order valence-electron chi connectivity index (χ4n) is 5.20. The van der Waals surface area contributed by atoms with Gasteiger partial charge in [0.05, 0.1) is 10.6 Å². The second-order valence-electron chi connectivity index (χ2n) is 12.2. The zero-order valence-corrected chi connectivity index (χ0v) is 29.3. The number of hydrogen-bond acceptors (Lipinski definition) is 4. The lowest BCUT2D eigenvalue weighted by Gasteiger charge is -2.34. The van der Waals surface area contributed by atoms with Crippen LogP contribution in [-0.4, -0.2) is 43.8 Å². The van der Waals surface area contributed by atoms with E-state index in [1.165, 1.54) is 4.90 Å². The van der Waals surface area contributed by atoms with Crippen molar-refractivity contribution in [3.05, 3.63) is 130 Å². The van der Waals surface area contributed by atoms with Gasteiger partial charge in [0.15, 0.2) is 0 Å². The first-order valence-electron chi connectivity index (χ1n) is 16.0. The molecule has 0 spiro atoms. The molecule has 2 atom stereocenters. The Balaban J connectivity index is 1.82.